The maximum Gasteiger partial charge on any atom is 0.165 e. The van der Waals surface area contributed by atoms with Crippen molar-refractivity contribution in [3.63, 3.8) is 0 Å². The normalized spacial score (nSPS) is 26.7. The molecule has 2 rings (SSSR count). The van der Waals surface area contributed by atoms with Crippen LogP contribution < -0.4 is 5.32 Å². The molecule has 0 aliphatic carbocycles. The van der Waals surface area contributed by atoms with E-state index in [1.165, 1.54) is 6.07 Å². The maximum atomic E-state index is 13.4. The molecular weight excluding hydrogens is 205 g/mol. The number of pyridine rings is 1. The molecule has 1 aromatic rings. The predicted octanol–water partition coefficient (Wildman–Crippen LogP) is 1.97. The Morgan fingerprint density at radius 3 is 3.06 bits per heavy atom. The monoisotopic (exact) mass is 223 g/mol. The largest absolute Gasteiger partial charge is 0.365 e. The number of halogens is 1. The zero-order valence-corrected chi connectivity index (χ0v) is 9.78. The minimum atomic E-state index is -0.270. The quantitative estimate of drug-likeness (QED) is 0.831. The average Bonchev–Trinajstić information content (AvgIpc) is 2.25. The molecule has 1 aliphatic heterocycles. The van der Waals surface area contributed by atoms with Crippen LogP contribution in [0, 0.1) is 11.7 Å². The van der Waals surface area contributed by atoms with Crippen molar-refractivity contribution in [3.05, 3.63) is 24.1 Å². The van der Waals surface area contributed by atoms with E-state index in [4.69, 9.17) is 0 Å². The Morgan fingerprint density at radius 2 is 2.38 bits per heavy atom. The molecule has 1 aromatic heterocycles. The Balaban J connectivity index is 2.02. The number of likely N-dealkylation sites (tertiary alicyclic amines) is 1. The van der Waals surface area contributed by atoms with Crippen molar-refractivity contribution in [2.24, 2.45) is 5.92 Å². The van der Waals surface area contributed by atoms with Gasteiger partial charge in [-0.3, -0.25) is 0 Å². The van der Waals surface area contributed by atoms with Crippen LogP contribution in [-0.2, 0) is 0 Å². The van der Waals surface area contributed by atoms with Crippen LogP contribution in [0.5, 0.6) is 0 Å². The number of piperidine rings is 1. The number of aromatic nitrogens is 1. The maximum absolute atomic E-state index is 13.4. The van der Waals surface area contributed by atoms with Crippen molar-refractivity contribution >= 4 is 5.82 Å². The first-order chi connectivity index (χ1) is 7.66. The van der Waals surface area contributed by atoms with Gasteiger partial charge in [-0.2, -0.15) is 0 Å². The second-order valence-corrected chi connectivity index (χ2v) is 4.61. The molecule has 2 heterocycles. The first-order valence-corrected chi connectivity index (χ1v) is 5.72. The van der Waals surface area contributed by atoms with Gasteiger partial charge in [0.25, 0.3) is 0 Å². The first kappa shape index (κ1) is 11.3. The van der Waals surface area contributed by atoms with Gasteiger partial charge < -0.3 is 10.2 Å². The highest BCUT2D eigenvalue weighted by Gasteiger charge is 2.24. The van der Waals surface area contributed by atoms with Crippen molar-refractivity contribution in [2.45, 2.75) is 19.4 Å². The third-order valence-corrected chi connectivity index (χ3v) is 3.19. The third-order valence-electron chi connectivity index (χ3n) is 3.19. The molecule has 0 radical (unpaired) electrons. The van der Waals surface area contributed by atoms with E-state index >= 15 is 0 Å². The lowest BCUT2D eigenvalue weighted by molar-refractivity contribution is 0.206. The van der Waals surface area contributed by atoms with Crippen LogP contribution in [-0.4, -0.2) is 36.1 Å². The molecular formula is C12H18FN3. The minimum Gasteiger partial charge on any atom is -0.365 e. The zero-order valence-electron chi connectivity index (χ0n) is 9.78. The molecule has 1 fully saturated rings. The molecule has 2 unspecified atom stereocenters. The molecule has 2 atom stereocenters. The van der Waals surface area contributed by atoms with Gasteiger partial charge >= 0.3 is 0 Å². The summed E-state index contributed by atoms with van der Waals surface area (Å²) in [5, 5.41) is 3.21. The Morgan fingerprint density at radius 1 is 1.56 bits per heavy atom. The molecule has 1 N–H and O–H groups in total. The molecule has 0 aromatic carbocycles. The lowest BCUT2D eigenvalue weighted by Gasteiger charge is -2.35. The summed E-state index contributed by atoms with van der Waals surface area (Å²) >= 11 is 0. The third kappa shape index (κ3) is 2.50. The van der Waals surface area contributed by atoms with E-state index in [9.17, 15) is 4.39 Å². The van der Waals surface area contributed by atoms with E-state index in [0.29, 0.717) is 17.8 Å². The number of rotatable bonds is 2. The summed E-state index contributed by atoms with van der Waals surface area (Å²) in [5.74, 6) is 0.623. The fourth-order valence-electron chi connectivity index (χ4n) is 2.24. The molecule has 0 saturated carbocycles. The highest BCUT2D eigenvalue weighted by Crippen LogP contribution is 2.20. The molecule has 16 heavy (non-hydrogen) atoms. The molecule has 1 saturated heterocycles. The van der Waals surface area contributed by atoms with E-state index in [1.54, 1.807) is 12.3 Å². The summed E-state index contributed by atoms with van der Waals surface area (Å²) in [7, 11) is 2.12. The summed E-state index contributed by atoms with van der Waals surface area (Å²) < 4.78 is 13.4. The molecule has 1 aliphatic rings. The number of nitrogens with one attached hydrogen (secondary N) is 1. The lowest BCUT2D eigenvalue weighted by Crippen LogP contribution is -2.43. The van der Waals surface area contributed by atoms with Gasteiger partial charge in [-0.1, -0.05) is 6.92 Å². The van der Waals surface area contributed by atoms with Crippen molar-refractivity contribution in [1.82, 2.24) is 9.88 Å². The first-order valence-electron chi connectivity index (χ1n) is 5.72. The van der Waals surface area contributed by atoms with Gasteiger partial charge in [0.15, 0.2) is 11.6 Å². The molecule has 0 amide bonds. The van der Waals surface area contributed by atoms with Crippen molar-refractivity contribution in [2.75, 3.05) is 25.5 Å². The van der Waals surface area contributed by atoms with Gasteiger partial charge in [-0.05, 0) is 38.1 Å². The highest BCUT2D eigenvalue weighted by atomic mass is 19.1. The van der Waals surface area contributed by atoms with Crippen LogP contribution in [0.1, 0.15) is 13.3 Å². The highest BCUT2D eigenvalue weighted by molar-refractivity contribution is 5.36. The number of anilines is 1. The van der Waals surface area contributed by atoms with Crippen molar-refractivity contribution < 1.29 is 4.39 Å². The fourth-order valence-corrected chi connectivity index (χ4v) is 2.24. The fraction of sp³-hybridized carbons (Fsp3) is 0.583. The Labute approximate surface area is 95.7 Å². The van der Waals surface area contributed by atoms with Crippen molar-refractivity contribution in [1.29, 1.82) is 0 Å². The number of hydrogen-bond acceptors (Lipinski definition) is 3. The van der Waals surface area contributed by atoms with Crippen LogP contribution in [0.3, 0.4) is 0 Å². The van der Waals surface area contributed by atoms with E-state index in [-0.39, 0.29) is 5.82 Å². The molecule has 88 valence electrons. The van der Waals surface area contributed by atoms with Gasteiger partial charge in [0.05, 0.1) is 0 Å². The van der Waals surface area contributed by atoms with Gasteiger partial charge in [0, 0.05) is 18.8 Å². The Kier molecular flexibility index (Phi) is 3.39. The standard InChI is InChI=1S/C12H18FN3/c1-9-8-16(2)7-5-11(9)15-12-10(13)4-3-6-14-12/h3-4,6,9,11H,5,7-8H2,1-2H3,(H,14,15). The SMILES string of the molecule is CC1CN(C)CCC1Nc1ncccc1F. The average molecular weight is 223 g/mol. The number of nitrogens with zero attached hydrogens (tertiary/aromatic N) is 2. The van der Waals surface area contributed by atoms with Crippen LogP contribution >= 0.6 is 0 Å². The van der Waals surface area contributed by atoms with E-state index < -0.39 is 0 Å². The molecule has 0 spiro atoms. The van der Waals surface area contributed by atoms with Crippen LogP contribution in [0.25, 0.3) is 0 Å². The molecule has 4 heteroatoms. The lowest BCUT2D eigenvalue weighted by atomic mass is 9.94. The molecule has 0 bridgehead atoms. The van der Waals surface area contributed by atoms with Crippen LogP contribution in [0.2, 0.25) is 0 Å². The molecule has 3 nitrogen and oxygen atoms in total. The smallest absolute Gasteiger partial charge is 0.165 e. The van der Waals surface area contributed by atoms with Gasteiger partial charge in [0.1, 0.15) is 0 Å². The summed E-state index contributed by atoms with van der Waals surface area (Å²) in [6.45, 7) is 4.29. The Bertz CT molecular complexity index is 356. The van der Waals surface area contributed by atoms with Gasteiger partial charge in [-0.15, -0.1) is 0 Å². The van der Waals surface area contributed by atoms with E-state index in [1.807, 2.05) is 0 Å². The topological polar surface area (TPSA) is 28.2 Å². The summed E-state index contributed by atoms with van der Waals surface area (Å²) in [4.78, 5) is 6.33. The minimum absolute atomic E-state index is 0.270. The van der Waals surface area contributed by atoms with Crippen molar-refractivity contribution in [3.8, 4) is 0 Å². The Hall–Kier alpha value is -1.16. The summed E-state index contributed by atoms with van der Waals surface area (Å²) in [5.41, 5.74) is 0. The van der Waals surface area contributed by atoms with Crippen LogP contribution in [0.15, 0.2) is 18.3 Å². The van der Waals surface area contributed by atoms with Gasteiger partial charge in [0.2, 0.25) is 0 Å². The van der Waals surface area contributed by atoms with Gasteiger partial charge in [-0.25, -0.2) is 9.37 Å². The predicted molar refractivity (Wildman–Crippen MR) is 62.9 cm³/mol. The second-order valence-electron chi connectivity index (χ2n) is 4.61. The number of hydrogen-bond donors (Lipinski definition) is 1. The van der Waals surface area contributed by atoms with E-state index in [0.717, 1.165) is 19.5 Å². The second kappa shape index (κ2) is 4.78. The summed E-state index contributed by atoms with van der Waals surface area (Å²) in [6, 6.07) is 3.37. The zero-order chi connectivity index (χ0) is 11.5. The van der Waals surface area contributed by atoms with E-state index in [2.05, 4.69) is 29.2 Å². The van der Waals surface area contributed by atoms with Crippen LogP contribution in [0.4, 0.5) is 10.2 Å². The summed E-state index contributed by atoms with van der Waals surface area (Å²) in [6.07, 6.45) is 2.65.